The van der Waals surface area contributed by atoms with Crippen LogP contribution in [0.3, 0.4) is 0 Å². The van der Waals surface area contributed by atoms with Crippen molar-refractivity contribution in [3.8, 4) is 0 Å². The SMILES string of the molecule is CC(C)(C)CCCCOCCCN.CC(C)(C)COC/C=C\COCCNC(C)(C)C.CC(C)(C)COCCCOC1CN(C(C)(C)C)C1.CC(C)(C)COCCOC1CC(NC(C)(C)C)C1.CC(C)(C)COCCOC1CC(NC(C)(C)C)C1.CC(C)C.CC(C)C.C[C@H](OCCCOCCN)C(C)(C)C. The molecule has 650 valence electrons. The lowest BCUT2D eigenvalue weighted by molar-refractivity contribution is -0.0921. The summed E-state index contributed by atoms with van der Waals surface area (Å²) < 4.78 is 61.5. The fourth-order valence-electron chi connectivity index (χ4n) is 9.27. The molecule has 0 amide bonds. The van der Waals surface area contributed by atoms with Gasteiger partial charge in [-0.25, -0.2) is 0 Å². The molecule has 3 aliphatic rings. The largest absolute Gasteiger partial charge is 0.381 e. The predicted octanol–water partition coefficient (Wildman–Crippen LogP) is 19.6. The smallest absolute Gasteiger partial charge is 0.0829 e. The third-order valence-electron chi connectivity index (χ3n) is 15.1. The quantitative estimate of drug-likeness (QED) is 0.0287. The van der Waals surface area contributed by atoms with E-state index in [2.05, 4.69) is 277 Å². The highest BCUT2D eigenvalue weighted by Gasteiger charge is 2.36. The molecule has 2 saturated carbocycles. The van der Waals surface area contributed by atoms with E-state index in [0.29, 0.717) is 75.4 Å². The molecule has 1 aliphatic heterocycles. The summed E-state index contributed by atoms with van der Waals surface area (Å²) in [4.78, 5) is 2.45. The molecule has 107 heavy (non-hydrogen) atoms. The van der Waals surface area contributed by atoms with E-state index in [9.17, 15) is 0 Å². The van der Waals surface area contributed by atoms with E-state index in [1.807, 2.05) is 12.2 Å². The molecule has 0 radical (unpaired) electrons. The van der Waals surface area contributed by atoms with E-state index in [1.165, 1.54) is 19.3 Å². The van der Waals surface area contributed by atoms with Crippen molar-refractivity contribution in [2.45, 2.75) is 379 Å². The minimum atomic E-state index is 0.167. The van der Waals surface area contributed by atoms with Crippen molar-refractivity contribution >= 4 is 0 Å². The molecule has 1 saturated heterocycles. The molecular formula is C90H194N6O11. The molecule has 0 unspecified atom stereocenters. The van der Waals surface area contributed by atoms with Crippen LogP contribution in [0.15, 0.2) is 12.2 Å². The summed E-state index contributed by atoms with van der Waals surface area (Å²) in [5, 5.41) is 10.6. The van der Waals surface area contributed by atoms with Crippen LogP contribution in [0.4, 0.5) is 0 Å². The van der Waals surface area contributed by atoms with Gasteiger partial charge in [0.1, 0.15) is 0 Å². The van der Waals surface area contributed by atoms with Gasteiger partial charge in [-0.15, -0.1) is 0 Å². The van der Waals surface area contributed by atoms with Crippen molar-refractivity contribution < 1.29 is 52.1 Å². The van der Waals surface area contributed by atoms with E-state index >= 15 is 0 Å². The van der Waals surface area contributed by atoms with Gasteiger partial charge >= 0.3 is 0 Å². The Kier molecular flexibility index (Phi) is 66.8. The van der Waals surface area contributed by atoms with Gasteiger partial charge in [0, 0.05) is 100 Å². The van der Waals surface area contributed by atoms with Gasteiger partial charge in [-0.2, -0.15) is 0 Å². The second kappa shape index (κ2) is 62.4. The summed E-state index contributed by atoms with van der Waals surface area (Å²) in [7, 11) is 0. The summed E-state index contributed by atoms with van der Waals surface area (Å²) in [6.45, 7) is 99.2. The van der Waals surface area contributed by atoms with Crippen LogP contribution in [0.25, 0.3) is 0 Å². The van der Waals surface area contributed by atoms with Crippen LogP contribution < -0.4 is 27.4 Å². The van der Waals surface area contributed by atoms with Crippen molar-refractivity contribution in [1.29, 1.82) is 0 Å². The Hall–Kier alpha value is -0.940. The molecule has 7 N–H and O–H groups in total. The van der Waals surface area contributed by atoms with Crippen LogP contribution in [0.1, 0.15) is 320 Å². The Morgan fingerprint density at radius 1 is 0.355 bits per heavy atom. The maximum absolute atomic E-state index is 5.81. The Labute approximate surface area is 668 Å². The lowest BCUT2D eigenvalue weighted by Gasteiger charge is -2.47. The number of rotatable bonds is 40. The molecule has 0 aromatic heterocycles. The highest BCUT2D eigenvalue weighted by Crippen LogP contribution is 2.28. The molecule has 17 nitrogen and oxygen atoms in total. The molecular weight excluding hydrogens is 1340 g/mol. The average molecular weight is 1540 g/mol. The first kappa shape index (κ1) is 115. The summed E-state index contributed by atoms with van der Waals surface area (Å²) in [6.07, 6.45) is 16.8. The van der Waals surface area contributed by atoms with Gasteiger partial charge in [0.15, 0.2) is 0 Å². The summed E-state index contributed by atoms with van der Waals surface area (Å²) in [5.41, 5.74) is 13.2. The predicted molar refractivity (Wildman–Crippen MR) is 464 cm³/mol. The monoisotopic (exact) mass is 1540 g/mol. The number of nitrogens with one attached hydrogen (secondary N) is 3. The Morgan fingerprint density at radius 3 is 1.09 bits per heavy atom. The molecule has 0 spiro atoms. The lowest BCUT2D eigenvalue weighted by Crippen LogP contribution is -2.59. The number of ether oxygens (including phenoxy) is 11. The van der Waals surface area contributed by atoms with Crippen molar-refractivity contribution in [2.24, 2.45) is 55.8 Å². The van der Waals surface area contributed by atoms with Gasteiger partial charge in [0.2, 0.25) is 0 Å². The zero-order valence-electron chi connectivity index (χ0n) is 78.7. The summed E-state index contributed by atoms with van der Waals surface area (Å²) >= 11 is 0. The van der Waals surface area contributed by atoms with E-state index in [1.54, 1.807) is 0 Å². The molecule has 2 aliphatic carbocycles. The first-order chi connectivity index (χ1) is 48.7. The Bertz CT molecular complexity index is 1880. The van der Waals surface area contributed by atoms with E-state index in [-0.39, 0.29) is 55.3 Å². The fraction of sp³-hybridized carbons (Fsp3) is 0.978. The molecule has 1 atom stereocenters. The first-order valence-corrected chi connectivity index (χ1v) is 42.3. The number of likely N-dealkylation sites (tertiary alicyclic amines) is 1. The first-order valence-electron chi connectivity index (χ1n) is 42.3. The second-order valence-electron chi connectivity index (χ2n) is 42.5. The van der Waals surface area contributed by atoms with Crippen molar-refractivity contribution in [1.82, 2.24) is 20.9 Å². The van der Waals surface area contributed by atoms with Crippen LogP contribution in [0.2, 0.25) is 0 Å². The normalized spacial score (nSPS) is 17.9. The third kappa shape index (κ3) is 99.2. The van der Waals surface area contributed by atoms with Crippen LogP contribution in [0, 0.1) is 44.3 Å². The maximum Gasteiger partial charge on any atom is 0.0829 e. The zero-order valence-corrected chi connectivity index (χ0v) is 78.7. The zero-order chi connectivity index (χ0) is 83.8. The topological polar surface area (TPSA) is 193 Å². The Balaban J connectivity index is -0.000000382. The second-order valence-corrected chi connectivity index (χ2v) is 42.5. The van der Waals surface area contributed by atoms with Crippen LogP contribution in [0.5, 0.6) is 0 Å². The van der Waals surface area contributed by atoms with Gasteiger partial charge in [0.05, 0.1) is 104 Å². The minimum absolute atomic E-state index is 0.167. The van der Waals surface area contributed by atoms with E-state index < -0.39 is 0 Å². The highest BCUT2D eigenvalue weighted by molar-refractivity contribution is 4.92. The van der Waals surface area contributed by atoms with Gasteiger partial charge < -0.3 is 79.5 Å². The van der Waals surface area contributed by atoms with Crippen molar-refractivity contribution in [3.05, 3.63) is 12.2 Å². The number of nitrogens with two attached hydrogens (primary N) is 2. The Morgan fingerprint density at radius 2 is 0.720 bits per heavy atom. The van der Waals surface area contributed by atoms with E-state index in [4.69, 9.17) is 63.6 Å². The standard InChI is InChI=1S/4C15H31NO2.C11H25NO2.C11H25NO.2C4H10/c2*1-14(2,3)11-17-7-8-18-13-9-12(10-13)16-15(4,5)6;1-14(2,3)12-17-8-7-9-18-13-10-16(11-13)15(4,5)6;1-14(2,3)13-18-11-8-7-10-17-12-9-16-15(4,5)6;1-10(11(2,3)4)14-8-5-7-13-9-6-12;1-11(2,3)7-4-5-9-13-10-6-8-12;2*1-4(2)3/h2*12-13,16H,7-11H2,1-6H3;13H,7-12H2,1-6H3;7-8,16H,9-13H2,1-6H3;10H,5-9,12H2,1-4H3;4-10,12H2,1-3H3;2*4H,1-3H3/b;;;8-7-;;;;/t;;;;10-;;;/m....0.../s1. The number of hydrogen-bond donors (Lipinski definition) is 5. The molecule has 17 heteroatoms. The van der Waals surface area contributed by atoms with Crippen LogP contribution in [-0.2, 0) is 52.1 Å². The number of unbranched alkanes of at least 4 members (excludes halogenated alkanes) is 1. The van der Waals surface area contributed by atoms with Crippen LogP contribution >= 0.6 is 0 Å². The summed E-state index contributed by atoms with van der Waals surface area (Å²) in [5.74, 6) is 1.67. The molecule has 0 bridgehead atoms. The van der Waals surface area contributed by atoms with Crippen LogP contribution in [-0.4, -0.2) is 215 Å². The highest BCUT2D eigenvalue weighted by atomic mass is 16.5. The lowest BCUT2D eigenvalue weighted by atomic mass is 9.87. The summed E-state index contributed by atoms with van der Waals surface area (Å²) in [6, 6.07) is 1.26. The fourth-order valence-corrected chi connectivity index (χ4v) is 9.27. The van der Waals surface area contributed by atoms with Gasteiger partial charge in [-0.3, -0.25) is 4.90 Å². The maximum atomic E-state index is 5.81. The average Bonchev–Trinajstić information content (AvgIpc) is 0.830. The minimum Gasteiger partial charge on any atom is -0.381 e. The van der Waals surface area contributed by atoms with E-state index in [0.717, 1.165) is 169 Å². The number of hydrogen-bond acceptors (Lipinski definition) is 17. The third-order valence-corrected chi connectivity index (χ3v) is 15.1. The molecule has 1 heterocycles. The van der Waals surface area contributed by atoms with Gasteiger partial charge in [0.25, 0.3) is 0 Å². The van der Waals surface area contributed by atoms with Crippen molar-refractivity contribution in [3.63, 3.8) is 0 Å². The molecule has 0 aromatic carbocycles. The number of nitrogens with zero attached hydrogens (tertiary/aromatic N) is 1. The molecule has 3 fully saturated rings. The van der Waals surface area contributed by atoms with Crippen molar-refractivity contribution in [2.75, 3.05) is 152 Å². The van der Waals surface area contributed by atoms with Gasteiger partial charge in [-0.1, -0.05) is 185 Å². The molecule has 3 rings (SSSR count). The van der Waals surface area contributed by atoms with Gasteiger partial charge in [-0.05, 0) is 199 Å². The molecule has 0 aromatic rings.